The molecule has 0 heterocycles. The van der Waals surface area contributed by atoms with Crippen LogP contribution in [0.4, 0.5) is 10.1 Å². The van der Waals surface area contributed by atoms with Crippen molar-refractivity contribution in [3.63, 3.8) is 0 Å². The quantitative estimate of drug-likeness (QED) is 0.484. The van der Waals surface area contributed by atoms with E-state index in [4.69, 9.17) is 27.9 Å². The summed E-state index contributed by atoms with van der Waals surface area (Å²) in [4.78, 5) is 0. The number of aliphatic hydroxyl groups is 1. The second-order valence-corrected chi connectivity index (χ2v) is 8.75. The number of halogens is 3. The summed E-state index contributed by atoms with van der Waals surface area (Å²) in [6, 6.07) is 9.08. The zero-order valence-electron chi connectivity index (χ0n) is 15.1. The molecular weight excluding hydrogens is 430 g/mol. The molecule has 2 rings (SSSR count). The Kier molecular flexibility index (Phi) is 8.33. The summed E-state index contributed by atoms with van der Waals surface area (Å²) in [5.41, 5.74) is 1.11. The lowest BCUT2D eigenvalue weighted by atomic mass is 10.1. The molecule has 0 amide bonds. The summed E-state index contributed by atoms with van der Waals surface area (Å²) in [6.07, 6.45) is 0.829. The smallest absolute Gasteiger partial charge is 0.229 e. The lowest BCUT2D eigenvalue weighted by molar-refractivity contribution is 0.104. The molecule has 3 N–H and O–H groups in total. The van der Waals surface area contributed by atoms with Gasteiger partial charge in [-0.05, 0) is 42.8 Å². The number of sulfonamides is 1. The van der Waals surface area contributed by atoms with E-state index in [0.717, 1.165) is 17.9 Å². The average molecular weight is 451 g/mol. The zero-order chi connectivity index (χ0) is 20.7. The fraction of sp³-hybridized carbons (Fsp3) is 0.333. The van der Waals surface area contributed by atoms with Crippen molar-refractivity contribution < 1.29 is 22.7 Å². The molecule has 0 fully saturated rings. The molecule has 0 bridgehead atoms. The predicted molar refractivity (Wildman–Crippen MR) is 109 cm³/mol. The molecule has 0 unspecified atom stereocenters. The maximum absolute atomic E-state index is 14.0. The minimum Gasteiger partial charge on any atom is -0.488 e. The van der Waals surface area contributed by atoms with E-state index in [1.165, 1.54) is 12.1 Å². The van der Waals surface area contributed by atoms with Gasteiger partial charge in [0.15, 0.2) is 11.6 Å². The molecule has 28 heavy (non-hydrogen) atoms. The Morgan fingerprint density at radius 3 is 2.57 bits per heavy atom. The maximum atomic E-state index is 14.0. The Labute approximate surface area is 173 Å². The average Bonchev–Trinajstić information content (AvgIpc) is 2.59. The molecule has 0 aromatic heterocycles. The van der Waals surface area contributed by atoms with Crippen LogP contribution < -0.4 is 14.8 Å². The van der Waals surface area contributed by atoms with Crippen LogP contribution in [0.1, 0.15) is 5.56 Å². The Hall–Kier alpha value is -1.58. The van der Waals surface area contributed by atoms with Crippen molar-refractivity contribution in [1.82, 2.24) is 5.32 Å². The number of rotatable bonds is 10. The Morgan fingerprint density at radius 2 is 1.93 bits per heavy atom. The van der Waals surface area contributed by atoms with Crippen LogP contribution in [0.3, 0.4) is 0 Å². The van der Waals surface area contributed by atoms with Crippen molar-refractivity contribution in [3.8, 4) is 5.75 Å². The molecule has 10 heteroatoms. The molecule has 0 spiro atoms. The van der Waals surface area contributed by atoms with Crippen LogP contribution >= 0.6 is 23.2 Å². The first-order valence-electron chi connectivity index (χ1n) is 8.37. The van der Waals surface area contributed by atoms with Gasteiger partial charge >= 0.3 is 0 Å². The molecule has 0 radical (unpaired) electrons. The van der Waals surface area contributed by atoms with Crippen LogP contribution in [-0.4, -0.2) is 45.6 Å². The molecular formula is C18H21Cl2FN2O4S. The lowest BCUT2D eigenvalue weighted by Crippen LogP contribution is -2.32. The highest BCUT2D eigenvalue weighted by Crippen LogP contribution is 2.23. The first-order valence-corrected chi connectivity index (χ1v) is 11.0. The summed E-state index contributed by atoms with van der Waals surface area (Å²) in [7, 11) is -3.49. The van der Waals surface area contributed by atoms with E-state index in [1.807, 2.05) is 6.07 Å². The van der Waals surface area contributed by atoms with Gasteiger partial charge in [-0.25, -0.2) is 12.8 Å². The summed E-state index contributed by atoms with van der Waals surface area (Å²) < 4.78 is 43.7. The number of benzene rings is 2. The number of hydrogen-bond acceptors (Lipinski definition) is 5. The van der Waals surface area contributed by atoms with Gasteiger partial charge in [0.25, 0.3) is 0 Å². The molecule has 2 aromatic rings. The van der Waals surface area contributed by atoms with Crippen molar-refractivity contribution in [2.75, 3.05) is 30.7 Å². The fourth-order valence-corrected chi connectivity index (χ4v) is 3.21. The van der Waals surface area contributed by atoms with E-state index in [0.29, 0.717) is 23.0 Å². The van der Waals surface area contributed by atoms with Gasteiger partial charge in [-0.3, -0.25) is 4.72 Å². The van der Waals surface area contributed by atoms with Crippen molar-refractivity contribution in [2.24, 2.45) is 0 Å². The third-order valence-corrected chi connectivity index (χ3v) is 4.97. The van der Waals surface area contributed by atoms with Crippen LogP contribution in [-0.2, 0) is 16.4 Å². The normalized spacial score (nSPS) is 12.6. The van der Waals surface area contributed by atoms with Gasteiger partial charge in [-0.1, -0.05) is 29.3 Å². The summed E-state index contributed by atoms with van der Waals surface area (Å²) >= 11 is 11.8. The Morgan fingerprint density at radius 1 is 1.18 bits per heavy atom. The maximum Gasteiger partial charge on any atom is 0.229 e. The van der Waals surface area contributed by atoms with Crippen molar-refractivity contribution in [1.29, 1.82) is 0 Å². The molecule has 2 aromatic carbocycles. The molecule has 0 aliphatic rings. The van der Waals surface area contributed by atoms with E-state index in [-0.39, 0.29) is 24.6 Å². The second-order valence-electron chi connectivity index (χ2n) is 6.19. The van der Waals surface area contributed by atoms with E-state index in [1.54, 1.807) is 12.1 Å². The molecule has 0 aliphatic carbocycles. The van der Waals surface area contributed by atoms with Gasteiger partial charge in [0.2, 0.25) is 10.0 Å². The molecule has 1 atom stereocenters. The topological polar surface area (TPSA) is 87.7 Å². The highest BCUT2D eigenvalue weighted by molar-refractivity contribution is 7.92. The molecule has 0 saturated heterocycles. The van der Waals surface area contributed by atoms with E-state index in [2.05, 4.69) is 10.0 Å². The van der Waals surface area contributed by atoms with Crippen LogP contribution in [0, 0.1) is 5.82 Å². The standard InChI is InChI=1S/C18H21Cl2FN2O4S/c1-28(25,26)23-13-3-5-18(17(21)9-13)27-11-14(24)10-22-7-6-12-2-4-15(19)16(20)8-12/h2-5,8-9,14,22-24H,6-7,10-11H2,1H3/t14-/m0/s1. The molecule has 154 valence electrons. The van der Waals surface area contributed by atoms with Gasteiger partial charge in [-0.15, -0.1) is 0 Å². The summed E-state index contributed by atoms with van der Waals surface area (Å²) in [6.45, 7) is 0.751. The first kappa shape index (κ1) is 22.7. The molecule has 6 nitrogen and oxygen atoms in total. The van der Waals surface area contributed by atoms with Crippen molar-refractivity contribution in [3.05, 3.63) is 57.8 Å². The highest BCUT2D eigenvalue weighted by Gasteiger charge is 2.10. The number of anilines is 1. The van der Waals surface area contributed by atoms with Gasteiger partial charge in [0.1, 0.15) is 12.7 Å². The number of nitrogens with one attached hydrogen (secondary N) is 2. The van der Waals surface area contributed by atoms with E-state index in [9.17, 15) is 17.9 Å². The van der Waals surface area contributed by atoms with Gasteiger partial charge in [0.05, 0.1) is 22.0 Å². The molecule has 0 aliphatic heterocycles. The van der Waals surface area contributed by atoms with Crippen molar-refractivity contribution >= 4 is 38.9 Å². The summed E-state index contributed by atoms with van der Waals surface area (Å²) in [5, 5.41) is 14.0. The third-order valence-electron chi connectivity index (χ3n) is 3.62. The van der Waals surface area contributed by atoms with Crippen LogP contribution in [0.5, 0.6) is 5.75 Å². The SMILES string of the molecule is CS(=O)(=O)Nc1ccc(OC[C@@H](O)CNCCc2ccc(Cl)c(Cl)c2)c(F)c1. The highest BCUT2D eigenvalue weighted by atomic mass is 35.5. The second kappa shape index (κ2) is 10.3. The predicted octanol–water partition coefficient (Wildman–Crippen LogP) is 3.08. The molecule has 0 saturated carbocycles. The van der Waals surface area contributed by atoms with Crippen molar-refractivity contribution in [2.45, 2.75) is 12.5 Å². The Bertz CT molecular complexity index is 912. The monoisotopic (exact) mass is 450 g/mol. The van der Waals surface area contributed by atoms with Crippen LogP contribution in [0.2, 0.25) is 10.0 Å². The lowest BCUT2D eigenvalue weighted by Gasteiger charge is -2.14. The first-order chi connectivity index (χ1) is 13.1. The Balaban J connectivity index is 1.73. The largest absolute Gasteiger partial charge is 0.488 e. The minimum atomic E-state index is -3.49. The number of aliphatic hydroxyl groups excluding tert-OH is 1. The van der Waals surface area contributed by atoms with Crippen LogP contribution in [0.15, 0.2) is 36.4 Å². The van der Waals surface area contributed by atoms with E-state index >= 15 is 0 Å². The number of hydrogen-bond donors (Lipinski definition) is 3. The fourth-order valence-electron chi connectivity index (χ4n) is 2.34. The zero-order valence-corrected chi connectivity index (χ0v) is 17.4. The van der Waals surface area contributed by atoms with Gasteiger partial charge < -0.3 is 15.2 Å². The van der Waals surface area contributed by atoms with Crippen LogP contribution in [0.25, 0.3) is 0 Å². The summed E-state index contributed by atoms with van der Waals surface area (Å²) in [5.74, 6) is -0.803. The van der Waals surface area contributed by atoms with Gasteiger partial charge in [0, 0.05) is 12.6 Å². The number of ether oxygens (including phenoxy) is 1. The third kappa shape index (κ3) is 7.81. The van der Waals surface area contributed by atoms with E-state index < -0.39 is 21.9 Å². The van der Waals surface area contributed by atoms with Gasteiger partial charge in [-0.2, -0.15) is 0 Å². The minimum absolute atomic E-state index is 0.0751.